The number of thioether (sulfide) groups is 1. The molecule has 1 aliphatic rings. The fraction of sp³-hybridized carbons (Fsp3) is 0.222. The number of hydrogen-bond acceptors (Lipinski definition) is 6. The molecule has 3 aromatic carbocycles. The average molecular weight is 459 g/mol. The molecule has 0 spiro atoms. The molecule has 1 aliphatic heterocycles. The van der Waals surface area contributed by atoms with Crippen LogP contribution in [0.4, 0.5) is 0 Å². The molecule has 1 aromatic heterocycles. The van der Waals surface area contributed by atoms with Crippen LogP contribution >= 0.6 is 11.8 Å². The third-order valence-electron chi connectivity index (χ3n) is 5.72. The summed E-state index contributed by atoms with van der Waals surface area (Å²) in [6.07, 6.45) is 2.04. The number of aromatic nitrogens is 1. The van der Waals surface area contributed by atoms with Gasteiger partial charge in [0.25, 0.3) is 0 Å². The van der Waals surface area contributed by atoms with Crippen LogP contribution in [-0.2, 0) is 6.54 Å². The lowest BCUT2D eigenvalue weighted by Crippen LogP contribution is -2.38. The average Bonchev–Trinajstić information content (AvgIpc) is 2.88. The van der Waals surface area contributed by atoms with Gasteiger partial charge in [-0.15, -0.1) is 11.8 Å². The van der Waals surface area contributed by atoms with Crippen molar-refractivity contribution in [3.05, 3.63) is 78.4 Å². The summed E-state index contributed by atoms with van der Waals surface area (Å²) in [5.41, 5.74) is 4.18. The monoisotopic (exact) mass is 458 g/mol. The van der Waals surface area contributed by atoms with Crippen molar-refractivity contribution >= 4 is 22.7 Å². The molecule has 0 fully saturated rings. The van der Waals surface area contributed by atoms with Crippen molar-refractivity contribution in [2.75, 3.05) is 26.5 Å². The predicted octanol–water partition coefficient (Wildman–Crippen LogP) is 5.56. The first-order valence-electron chi connectivity index (χ1n) is 10.9. The molecule has 0 saturated carbocycles. The topological polar surface area (TPSA) is 52.6 Å². The predicted molar refractivity (Wildman–Crippen MR) is 134 cm³/mol. The number of hydrogen-bond donors (Lipinski definition) is 1. The van der Waals surface area contributed by atoms with Crippen molar-refractivity contribution in [1.29, 1.82) is 0 Å². The first-order chi connectivity index (χ1) is 16.2. The Morgan fingerprint density at radius 2 is 1.85 bits per heavy atom. The van der Waals surface area contributed by atoms with E-state index in [0.717, 1.165) is 45.0 Å². The van der Waals surface area contributed by atoms with Gasteiger partial charge in [0, 0.05) is 28.9 Å². The molecule has 6 heteroatoms. The smallest absolute Gasteiger partial charge is 0.161 e. The maximum Gasteiger partial charge on any atom is 0.161 e. The molecule has 33 heavy (non-hydrogen) atoms. The van der Waals surface area contributed by atoms with Gasteiger partial charge in [0.15, 0.2) is 11.5 Å². The minimum absolute atomic E-state index is 0.0399. The molecule has 4 aromatic rings. The van der Waals surface area contributed by atoms with Crippen LogP contribution in [0.5, 0.6) is 17.2 Å². The number of fused-ring (bicyclic) bond motifs is 2. The second-order valence-electron chi connectivity index (χ2n) is 7.91. The summed E-state index contributed by atoms with van der Waals surface area (Å²) in [7, 11) is 1.68. The lowest BCUT2D eigenvalue weighted by atomic mass is 10.0. The highest BCUT2D eigenvalue weighted by Crippen LogP contribution is 2.31. The van der Waals surface area contributed by atoms with Gasteiger partial charge in [-0.3, -0.25) is 0 Å². The highest BCUT2D eigenvalue weighted by Gasteiger charge is 2.20. The molecule has 0 unspecified atom stereocenters. The maximum absolute atomic E-state index is 6.09. The van der Waals surface area contributed by atoms with Crippen molar-refractivity contribution in [2.24, 2.45) is 0 Å². The summed E-state index contributed by atoms with van der Waals surface area (Å²) in [6, 6.07) is 24.5. The molecule has 0 amide bonds. The molecule has 0 bridgehead atoms. The summed E-state index contributed by atoms with van der Waals surface area (Å²) in [5.74, 6) is 2.43. The minimum Gasteiger partial charge on any atom is -0.497 e. The summed E-state index contributed by atoms with van der Waals surface area (Å²) in [6.45, 7) is 1.89. The number of para-hydroxylation sites is 2. The summed E-state index contributed by atoms with van der Waals surface area (Å²) in [5, 5.41) is 4.68. The number of ether oxygens (including phenoxy) is 3. The summed E-state index contributed by atoms with van der Waals surface area (Å²) >= 11 is 1.72. The second kappa shape index (κ2) is 9.73. The van der Waals surface area contributed by atoms with Gasteiger partial charge in [0.05, 0.1) is 18.3 Å². The van der Waals surface area contributed by atoms with Gasteiger partial charge in [-0.25, -0.2) is 4.98 Å². The van der Waals surface area contributed by atoms with Crippen LogP contribution in [0.25, 0.3) is 22.2 Å². The van der Waals surface area contributed by atoms with E-state index in [4.69, 9.17) is 19.2 Å². The summed E-state index contributed by atoms with van der Waals surface area (Å²) < 4.78 is 17.3. The van der Waals surface area contributed by atoms with Crippen LogP contribution in [0.2, 0.25) is 0 Å². The van der Waals surface area contributed by atoms with Gasteiger partial charge >= 0.3 is 0 Å². The first kappa shape index (κ1) is 21.6. The van der Waals surface area contributed by atoms with Gasteiger partial charge in [-0.05, 0) is 66.4 Å². The highest BCUT2D eigenvalue weighted by atomic mass is 32.2. The summed E-state index contributed by atoms with van der Waals surface area (Å²) in [4.78, 5) is 6.26. The molecule has 5 rings (SSSR count). The van der Waals surface area contributed by atoms with E-state index in [2.05, 4.69) is 48.0 Å². The molecule has 1 atom stereocenters. The van der Waals surface area contributed by atoms with Crippen molar-refractivity contribution < 1.29 is 14.2 Å². The number of nitrogens with zero attached hydrogens (tertiary/aromatic N) is 1. The van der Waals surface area contributed by atoms with Gasteiger partial charge in [-0.1, -0.05) is 18.2 Å². The van der Waals surface area contributed by atoms with Gasteiger partial charge in [0.2, 0.25) is 0 Å². The lowest BCUT2D eigenvalue weighted by Gasteiger charge is -2.26. The van der Waals surface area contributed by atoms with Gasteiger partial charge in [0.1, 0.15) is 18.5 Å². The zero-order chi connectivity index (χ0) is 22.6. The Morgan fingerprint density at radius 3 is 2.64 bits per heavy atom. The zero-order valence-electron chi connectivity index (χ0n) is 18.7. The first-order valence-corrected chi connectivity index (χ1v) is 12.2. The molecule has 1 N–H and O–H groups in total. The van der Waals surface area contributed by atoms with Crippen LogP contribution in [0.1, 0.15) is 5.56 Å². The van der Waals surface area contributed by atoms with Crippen LogP contribution in [0.15, 0.2) is 77.7 Å². The van der Waals surface area contributed by atoms with Crippen molar-refractivity contribution in [3.8, 4) is 28.5 Å². The van der Waals surface area contributed by atoms with Crippen molar-refractivity contribution in [2.45, 2.75) is 17.5 Å². The number of nitrogens with one attached hydrogen (secondary N) is 1. The molecule has 0 radical (unpaired) electrons. The van der Waals surface area contributed by atoms with Crippen LogP contribution < -0.4 is 19.5 Å². The second-order valence-corrected chi connectivity index (χ2v) is 8.79. The largest absolute Gasteiger partial charge is 0.497 e. The minimum atomic E-state index is -0.0399. The Morgan fingerprint density at radius 1 is 1.03 bits per heavy atom. The number of rotatable bonds is 7. The SMILES string of the molecule is COc1ccc(-c2nc3cc(SC)ccc3cc2CNC[C@H]2COc3ccccc3O2)cc1. The van der Waals surface area contributed by atoms with Crippen LogP contribution in [0.3, 0.4) is 0 Å². The van der Waals surface area contributed by atoms with E-state index in [0.29, 0.717) is 19.7 Å². The number of pyridine rings is 1. The number of benzene rings is 3. The fourth-order valence-corrected chi connectivity index (χ4v) is 4.42. The zero-order valence-corrected chi connectivity index (χ0v) is 19.5. The molecule has 0 aliphatic carbocycles. The Balaban J connectivity index is 1.38. The van der Waals surface area contributed by atoms with Crippen LogP contribution in [0, 0.1) is 0 Å². The van der Waals surface area contributed by atoms with E-state index in [1.54, 1.807) is 18.9 Å². The van der Waals surface area contributed by atoms with E-state index >= 15 is 0 Å². The standard InChI is InChI=1S/C27H26N2O3S/c1-30-21-10-7-18(8-11-21)27-20(13-19-9-12-23(33-2)14-24(19)29-27)15-28-16-22-17-31-25-5-3-4-6-26(25)32-22/h3-14,22,28H,15-17H2,1-2H3/t22-/m0/s1. The van der Waals surface area contributed by atoms with Crippen LogP contribution in [-0.4, -0.2) is 37.6 Å². The van der Waals surface area contributed by atoms with E-state index in [9.17, 15) is 0 Å². The molecule has 168 valence electrons. The Hall–Kier alpha value is -3.22. The van der Waals surface area contributed by atoms with E-state index in [-0.39, 0.29) is 6.10 Å². The Labute approximate surface area is 198 Å². The highest BCUT2D eigenvalue weighted by molar-refractivity contribution is 7.98. The Bertz CT molecular complexity index is 1260. The fourth-order valence-electron chi connectivity index (χ4n) is 3.98. The lowest BCUT2D eigenvalue weighted by molar-refractivity contribution is 0.0902. The molecule has 0 saturated heterocycles. The van der Waals surface area contributed by atoms with Gasteiger partial charge < -0.3 is 19.5 Å². The van der Waals surface area contributed by atoms with E-state index < -0.39 is 0 Å². The third kappa shape index (κ3) is 4.77. The van der Waals surface area contributed by atoms with Crippen molar-refractivity contribution in [3.63, 3.8) is 0 Å². The third-order valence-corrected chi connectivity index (χ3v) is 6.45. The molecular weight excluding hydrogens is 432 g/mol. The van der Waals surface area contributed by atoms with E-state index in [1.807, 2.05) is 36.4 Å². The molecule has 2 heterocycles. The maximum atomic E-state index is 6.09. The van der Waals surface area contributed by atoms with Gasteiger partial charge in [-0.2, -0.15) is 0 Å². The van der Waals surface area contributed by atoms with Crippen molar-refractivity contribution in [1.82, 2.24) is 10.3 Å². The normalized spacial score (nSPS) is 14.9. The molecule has 5 nitrogen and oxygen atoms in total. The molecular formula is C27H26N2O3S. The quantitative estimate of drug-likeness (QED) is 0.366. The van der Waals surface area contributed by atoms with E-state index in [1.165, 1.54) is 4.90 Å². The number of methoxy groups -OCH3 is 1. The Kier molecular flexibility index (Phi) is 6.37.